The summed E-state index contributed by atoms with van der Waals surface area (Å²) in [5.74, 6) is 0.860. The maximum atomic E-state index is 12.7. The Balaban J connectivity index is 1.46. The molecule has 1 fully saturated rings. The molecule has 0 saturated carbocycles. The van der Waals surface area contributed by atoms with Crippen LogP contribution in [0.25, 0.3) is 11.3 Å². The Morgan fingerprint density at radius 1 is 1.19 bits per heavy atom. The average Bonchev–Trinajstić information content (AvgIpc) is 3.26. The quantitative estimate of drug-likeness (QED) is 0.652. The number of piperidine rings is 1. The Hall–Kier alpha value is -3.51. The van der Waals surface area contributed by atoms with E-state index in [1.54, 1.807) is 18.3 Å². The van der Waals surface area contributed by atoms with Crippen LogP contribution in [0.15, 0.2) is 30.5 Å². The zero-order valence-corrected chi connectivity index (χ0v) is 19.2. The van der Waals surface area contributed by atoms with E-state index in [0.29, 0.717) is 15.6 Å². The third kappa shape index (κ3) is 4.14. The summed E-state index contributed by atoms with van der Waals surface area (Å²) < 4.78 is 0. The number of hydrogen-bond acceptors (Lipinski definition) is 8. The van der Waals surface area contributed by atoms with Gasteiger partial charge in [-0.3, -0.25) is 4.79 Å². The zero-order chi connectivity index (χ0) is 22.8. The highest BCUT2D eigenvalue weighted by Crippen LogP contribution is 2.30. The molecule has 1 amide bonds. The van der Waals surface area contributed by atoms with E-state index in [0.717, 1.165) is 54.1 Å². The molecule has 0 unspecified atom stereocenters. The van der Waals surface area contributed by atoms with Crippen molar-refractivity contribution in [1.29, 1.82) is 5.26 Å². The van der Waals surface area contributed by atoms with Crippen LogP contribution >= 0.6 is 11.3 Å². The van der Waals surface area contributed by atoms with Crippen molar-refractivity contribution in [3.05, 3.63) is 52.0 Å². The highest BCUT2D eigenvalue weighted by Gasteiger charge is 2.28. The van der Waals surface area contributed by atoms with Crippen molar-refractivity contribution in [3.63, 3.8) is 0 Å². The van der Waals surface area contributed by atoms with Crippen molar-refractivity contribution in [2.45, 2.75) is 32.7 Å². The van der Waals surface area contributed by atoms with Gasteiger partial charge >= 0.3 is 0 Å². The normalized spacial score (nSPS) is 14.2. The SMILES string of the molecule is Cc1c(-c2ccc(C#N)cc2)nnc(N2CCC(N(C)C(=O)c3cnc(N)s3)CC2)c1C. The predicted octanol–water partition coefficient (Wildman–Crippen LogP) is 3.41. The first-order chi connectivity index (χ1) is 15.4. The minimum Gasteiger partial charge on any atom is -0.375 e. The topological polar surface area (TPSA) is 112 Å². The molecule has 1 saturated heterocycles. The summed E-state index contributed by atoms with van der Waals surface area (Å²) in [7, 11) is 1.85. The monoisotopic (exact) mass is 447 g/mol. The van der Waals surface area contributed by atoms with Crippen molar-refractivity contribution >= 4 is 28.2 Å². The molecule has 0 radical (unpaired) electrons. The van der Waals surface area contributed by atoms with E-state index in [4.69, 9.17) is 11.0 Å². The number of nitrogens with zero attached hydrogens (tertiary/aromatic N) is 6. The molecule has 0 spiro atoms. The molecule has 9 heteroatoms. The first-order valence-corrected chi connectivity index (χ1v) is 11.3. The summed E-state index contributed by atoms with van der Waals surface area (Å²) in [6, 6.07) is 9.70. The van der Waals surface area contributed by atoms with Gasteiger partial charge in [-0.1, -0.05) is 23.5 Å². The fourth-order valence-electron chi connectivity index (χ4n) is 4.06. The largest absolute Gasteiger partial charge is 0.375 e. The van der Waals surface area contributed by atoms with Crippen LogP contribution in [-0.2, 0) is 0 Å². The number of nitrogen functional groups attached to an aromatic ring is 1. The summed E-state index contributed by atoms with van der Waals surface area (Å²) >= 11 is 1.22. The first-order valence-electron chi connectivity index (χ1n) is 10.5. The van der Waals surface area contributed by atoms with Gasteiger partial charge in [0.05, 0.1) is 23.5 Å². The number of benzene rings is 1. The molecule has 8 nitrogen and oxygen atoms in total. The molecule has 1 aliphatic rings. The van der Waals surface area contributed by atoms with Gasteiger partial charge in [-0.05, 0) is 49.9 Å². The molecule has 1 aliphatic heterocycles. The maximum Gasteiger partial charge on any atom is 0.265 e. The number of hydrogen-bond donors (Lipinski definition) is 1. The smallest absolute Gasteiger partial charge is 0.265 e. The van der Waals surface area contributed by atoms with Gasteiger partial charge < -0.3 is 15.5 Å². The van der Waals surface area contributed by atoms with Crippen LogP contribution in [0.1, 0.15) is 39.2 Å². The number of aromatic nitrogens is 3. The number of carbonyl (C=O) groups excluding carboxylic acids is 1. The Kier molecular flexibility index (Phi) is 6.06. The van der Waals surface area contributed by atoms with E-state index in [1.165, 1.54) is 11.3 Å². The third-order valence-electron chi connectivity index (χ3n) is 6.15. The molecular weight excluding hydrogens is 422 g/mol. The minimum atomic E-state index is -0.0313. The lowest BCUT2D eigenvalue weighted by atomic mass is 10.0. The first kappa shape index (κ1) is 21.7. The summed E-state index contributed by atoms with van der Waals surface area (Å²) in [6.07, 6.45) is 3.26. The summed E-state index contributed by atoms with van der Waals surface area (Å²) in [6.45, 7) is 5.74. The second-order valence-corrected chi connectivity index (χ2v) is 9.07. The van der Waals surface area contributed by atoms with E-state index in [1.807, 2.05) is 24.1 Å². The number of carbonyl (C=O) groups is 1. The fraction of sp³-hybridized carbons (Fsp3) is 0.348. The lowest BCUT2D eigenvalue weighted by Crippen LogP contribution is -2.46. The van der Waals surface area contributed by atoms with Gasteiger partial charge in [0.15, 0.2) is 10.9 Å². The van der Waals surface area contributed by atoms with Crippen LogP contribution in [0.3, 0.4) is 0 Å². The molecular formula is C23H25N7OS. The van der Waals surface area contributed by atoms with Crippen molar-refractivity contribution in [1.82, 2.24) is 20.1 Å². The fourth-order valence-corrected chi connectivity index (χ4v) is 4.73. The van der Waals surface area contributed by atoms with Gasteiger partial charge in [0, 0.05) is 31.7 Å². The molecule has 0 atom stereocenters. The number of nitriles is 1. The summed E-state index contributed by atoms with van der Waals surface area (Å²) in [5, 5.41) is 18.5. The van der Waals surface area contributed by atoms with E-state index in [-0.39, 0.29) is 11.9 Å². The predicted molar refractivity (Wildman–Crippen MR) is 126 cm³/mol. The van der Waals surface area contributed by atoms with Crippen LogP contribution in [0.5, 0.6) is 0 Å². The zero-order valence-electron chi connectivity index (χ0n) is 18.4. The molecule has 0 bridgehead atoms. The Morgan fingerprint density at radius 2 is 1.88 bits per heavy atom. The third-order valence-corrected chi connectivity index (χ3v) is 6.97. The van der Waals surface area contributed by atoms with Gasteiger partial charge in [0.1, 0.15) is 4.88 Å². The van der Waals surface area contributed by atoms with Crippen molar-refractivity contribution in [2.24, 2.45) is 0 Å². The standard InChI is InChI=1S/C23H25N7OS/c1-14-15(2)21(28-27-20(14)17-6-4-16(12-24)5-7-17)30-10-8-18(9-11-30)29(3)22(31)19-13-26-23(25)32-19/h4-7,13,18H,8-11H2,1-3H3,(H2,25,26). The van der Waals surface area contributed by atoms with Crippen LogP contribution in [0, 0.1) is 25.2 Å². The number of anilines is 2. The molecule has 0 aliphatic carbocycles. The van der Waals surface area contributed by atoms with Gasteiger partial charge in [0.25, 0.3) is 5.91 Å². The molecule has 3 heterocycles. The van der Waals surface area contributed by atoms with Gasteiger partial charge in [0.2, 0.25) is 0 Å². The van der Waals surface area contributed by atoms with Crippen LogP contribution < -0.4 is 10.6 Å². The van der Waals surface area contributed by atoms with Crippen LogP contribution in [0.4, 0.5) is 10.9 Å². The van der Waals surface area contributed by atoms with Gasteiger partial charge in [-0.25, -0.2) is 4.98 Å². The van der Waals surface area contributed by atoms with Crippen molar-refractivity contribution < 1.29 is 4.79 Å². The summed E-state index contributed by atoms with van der Waals surface area (Å²) in [5.41, 5.74) is 10.3. The molecule has 164 valence electrons. The molecule has 2 N–H and O–H groups in total. The lowest BCUT2D eigenvalue weighted by molar-refractivity contribution is 0.0713. The van der Waals surface area contributed by atoms with E-state index in [2.05, 4.69) is 40.0 Å². The second-order valence-electron chi connectivity index (χ2n) is 8.01. The minimum absolute atomic E-state index is 0.0313. The molecule has 2 aromatic heterocycles. The molecule has 4 rings (SSSR count). The van der Waals surface area contributed by atoms with E-state index < -0.39 is 0 Å². The summed E-state index contributed by atoms with van der Waals surface area (Å²) in [4.78, 5) is 21.3. The number of nitrogens with two attached hydrogens (primary N) is 1. The number of rotatable bonds is 4. The highest BCUT2D eigenvalue weighted by atomic mass is 32.1. The maximum absolute atomic E-state index is 12.7. The average molecular weight is 448 g/mol. The lowest BCUT2D eigenvalue weighted by Gasteiger charge is -2.37. The highest BCUT2D eigenvalue weighted by molar-refractivity contribution is 7.17. The second kappa shape index (κ2) is 8.93. The Labute approximate surface area is 191 Å². The van der Waals surface area contributed by atoms with E-state index in [9.17, 15) is 4.79 Å². The Bertz CT molecular complexity index is 1170. The van der Waals surface area contributed by atoms with E-state index >= 15 is 0 Å². The van der Waals surface area contributed by atoms with Gasteiger partial charge in [-0.2, -0.15) is 5.26 Å². The number of thiazole rings is 1. The molecule has 3 aromatic rings. The molecule has 32 heavy (non-hydrogen) atoms. The molecule has 1 aromatic carbocycles. The van der Waals surface area contributed by atoms with Crippen LogP contribution in [-0.4, -0.2) is 52.2 Å². The van der Waals surface area contributed by atoms with Crippen molar-refractivity contribution in [2.75, 3.05) is 30.8 Å². The van der Waals surface area contributed by atoms with Crippen LogP contribution in [0.2, 0.25) is 0 Å². The number of amides is 1. The van der Waals surface area contributed by atoms with Crippen molar-refractivity contribution in [3.8, 4) is 17.3 Å². The Morgan fingerprint density at radius 3 is 2.47 bits per heavy atom. The van der Waals surface area contributed by atoms with Gasteiger partial charge in [-0.15, -0.1) is 10.2 Å².